The molecule has 0 radical (unpaired) electrons. The molecule has 0 unspecified atom stereocenters. The van der Waals surface area contributed by atoms with Crippen molar-refractivity contribution in [3.8, 4) is 0 Å². The zero-order valence-electron chi connectivity index (χ0n) is 16.2. The Morgan fingerprint density at radius 1 is 0.964 bits per heavy atom. The fourth-order valence-corrected chi connectivity index (χ4v) is 2.95. The van der Waals surface area contributed by atoms with E-state index in [1.165, 1.54) is 0 Å². The molecule has 1 fully saturated rings. The third-order valence-corrected chi connectivity index (χ3v) is 4.49. The largest absolute Gasteiger partial charge is 0.356 e. The lowest BCUT2D eigenvalue weighted by molar-refractivity contribution is -0.131. The van der Waals surface area contributed by atoms with Gasteiger partial charge in [-0.3, -0.25) is 9.59 Å². The molecular formula is C18H32Cl2N6O2. The zero-order valence-corrected chi connectivity index (χ0v) is 17.8. The third-order valence-electron chi connectivity index (χ3n) is 4.49. The Hall–Kier alpha value is -1.64. The number of hydrogen-bond acceptors (Lipinski definition) is 6. The minimum Gasteiger partial charge on any atom is -0.356 e. The van der Waals surface area contributed by atoms with Crippen molar-refractivity contribution in [2.45, 2.75) is 38.5 Å². The number of halogens is 2. The number of unbranched alkanes of at least 4 members (excludes halogenated alkanes) is 3. The van der Waals surface area contributed by atoms with E-state index in [1.54, 1.807) is 18.5 Å². The number of nitrogens with one attached hydrogen (secondary N) is 1. The van der Waals surface area contributed by atoms with Crippen molar-refractivity contribution in [3.05, 3.63) is 18.5 Å². The van der Waals surface area contributed by atoms with Crippen LogP contribution in [0.5, 0.6) is 0 Å². The van der Waals surface area contributed by atoms with Crippen molar-refractivity contribution >= 4 is 42.6 Å². The fraction of sp³-hybridized carbons (Fsp3) is 0.667. The molecule has 0 aromatic carbocycles. The highest BCUT2D eigenvalue weighted by Crippen LogP contribution is 2.10. The smallest absolute Gasteiger partial charge is 0.225 e. The molecule has 0 spiro atoms. The molecule has 0 bridgehead atoms. The summed E-state index contributed by atoms with van der Waals surface area (Å²) in [5.41, 5.74) is 5.44. The molecule has 10 heteroatoms. The zero-order chi connectivity index (χ0) is 18.6. The second-order valence-corrected chi connectivity index (χ2v) is 6.47. The number of nitrogens with zero attached hydrogens (tertiary/aromatic N) is 4. The third kappa shape index (κ3) is 9.52. The van der Waals surface area contributed by atoms with E-state index in [4.69, 9.17) is 5.73 Å². The maximum Gasteiger partial charge on any atom is 0.225 e. The molecule has 0 saturated carbocycles. The number of nitrogens with two attached hydrogens (primary N) is 1. The van der Waals surface area contributed by atoms with Crippen molar-refractivity contribution in [1.29, 1.82) is 0 Å². The predicted molar refractivity (Wildman–Crippen MR) is 115 cm³/mol. The van der Waals surface area contributed by atoms with Crippen molar-refractivity contribution in [2.75, 3.05) is 44.2 Å². The molecule has 1 aliphatic heterocycles. The Balaban J connectivity index is 0.00000364. The number of hydrogen-bond donors (Lipinski definition) is 2. The summed E-state index contributed by atoms with van der Waals surface area (Å²) in [6.45, 7) is 3.89. The van der Waals surface area contributed by atoms with Crippen molar-refractivity contribution in [2.24, 2.45) is 5.73 Å². The van der Waals surface area contributed by atoms with Crippen LogP contribution in [0.1, 0.15) is 38.5 Å². The summed E-state index contributed by atoms with van der Waals surface area (Å²) in [5, 5.41) is 2.84. The first-order chi connectivity index (χ1) is 12.7. The molecular weight excluding hydrogens is 403 g/mol. The number of amides is 2. The van der Waals surface area contributed by atoms with Crippen LogP contribution in [-0.2, 0) is 9.59 Å². The van der Waals surface area contributed by atoms with Gasteiger partial charge in [-0.2, -0.15) is 0 Å². The van der Waals surface area contributed by atoms with Gasteiger partial charge in [0.25, 0.3) is 0 Å². The van der Waals surface area contributed by atoms with Crippen LogP contribution in [0.25, 0.3) is 0 Å². The van der Waals surface area contributed by atoms with Crippen LogP contribution < -0.4 is 16.0 Å². The Labute approximate surface area is 179 Å². The van der Waals surface area contributed by atoms with E-state index in [1.807, 2.05) is 4.90 Å². The Morgan fingerprint density at radius 3 is 2.25 bits per heavy atom. The van der Waals surface area contributed by atoms with Gasteiger partial charge in [-0.25, -0.2) is 9.97 Å². The van der Waals surface area contributed by atoms with E-state index in [0.717, 1.165) is 38.8 Å². The standard InChI is InChI=1S/C18H30N6O2.2ClH/c19-8-4-2-1-3-6-16(25)20-11-7-17(26)23-12-14-24(15-13-23)18-21-9-5-10-22-18;;/h5,9-10H,1-4,6-8,11-15,19H2,(H,20,25);2*1H. The maximum absolute atomic E-state index is 12.3. The van der Waals surface area contributed by atoms with Gasteiger partial charge in [0, 0.05) is 58.0 Å². The molecule has 1 aliphatic rings. The highest BCUT2D eigenvalue weighted by atomic mass is 35.5. The van der Waals surface area contributed by atoms with Gasteiger partial charge in [0.2, 0.25) is 17.8 Å². The number of anilines is 1. The second kappa shape index (κ2) is 15.3. The predicted octanol–water partition coefficient (Wildman–Crippen LogP) is 1.38. The molecule has 1 aromatic heterocycles. The fourth-order valence-electron chi connectivity index (χ4n) is 2.95. The summed E-state index contributed by atoms with van der Waals surface area (Å²) < 4.78 is 0. The lowest BCUT2D eigenvalue weighted by Crippen LogP contribution is -2.49. The van der Waals surface area contributed by atoms with Crippen LogP contribution in [0.3, 0.4) is 0 Å². The first kappa shape index (κ1) is 26.4. The highest BCUT2D eigenvalue weighted by molar-refractivity contribution is 5.85. The molecule has 0 atom stereocenters. The van der Waals surface area contributed by atoms with E-state index >= 15 is 0 Å². The van der Waals surface area contributed by atoms with Gasteiger partial charge < -0.3 is 20.9 Å². The first-order valence-electron chi connectivity index (χ1n) is 9.47. The average Bonchev–Trinajstić information content (AvgIpc) is 2.68. The molecule has 8 nitrogen and oxygen atoms in total. The number of piperazine rings is 1. The monoisotopic (exact) mass is 434 g/mol. The van der Waals surface area contributed by atoms with E-state index in [2.05, 4.69) is 20.2 Å². The molecule has 2 amide bonds. The van der Waals surface area contributed by atoms with Crippen molar-refractivity contribution in [1.82, 2.24) is 20.2 Å². The summed E-state index contributed by atoms with van der Waals surface area (Å²) in [7, 11) is 0. The van der Waals surface area contributed by atoms with Gasteiger partial charge in [-0.15, -0.1) is 24.8 Å². The van der Waals surface area contributed by atoms with Gasteiger partial charge in [0.05, 0.1) is 0 Å². The molecule has 3 N–H and O–H groups in total. The topological polar surface area (TPSA) is 104 Å². The number of rotatable bonds is 10. The van der Waals surface area contributed by atoms with Crippen molar-refractivity contribution < 1.29 is 9.59 Å². The number of carbonyl (C=O) groups is 2. The molecule has 2 rings (SSSR count). The van der Waals surface area contributed by atoms with Gasteiger partial charge in [0.15, 0.2) is 0 Å². The first-order valence-corrected chi connectivity index (χ1v) is 9.47. The number of aromatic nitrogens is 2. The van der Waals surface area contributed by atoms with Gasteiger partial charge in [-0.1, -0.05) is 12.8 Å². The Morgan fingerprint density at radius 2 is 1.61 bits per heavy atom. The van der Waals surface area contributed by atoms with Crippen LogP contribution in [-0.4, -0.2) is 66.0 Å². The second-order valence-electron chi connectivity index (χ2n) is 6.47. The van der Waals surface area contributed by atoms with Gasteiger partial charge in [0.1, 0.15) is 0 Å². The van der Waals surface area contributed by atoms with Crippen LogP contribution in [0.15, 0.2) is 18.5 Å². The summed E-state index contributed by atoms with van der Waals surface area (Å²) in [6, 6.07) is 1.79. The average molecular weight is 435 g/mol. The van der Waals surface area contributed by atoms with Crippen LogP contribution in [0.4, 0.5) is 5.95 Å². The Bertz CT molecular complexity index is 556. The summed E-state index contributed by atoms with van der Waals surface area (Å²) >= 11 is 0. The maximum atomic E-state index is 12.3. The van der Waals surface area contributed by atoms with Crippen LogP contribution >= 0.6 is 24.8 Å². The summed E-state index contributed by atoms with van der Waals surface area (Å²) in [5.74, 6) is 0.816. The summed E-state index contributed by atoms with van der Waals surface area (Å²) in [4.78, 5) is 36.4. The summed E-state index contributed by atoms with van der Waals surface area (Å²) in [6.07, 6.45) is 8.31. The van der Waals surface area contributed by atoms with Gasteiger partial charge >= 0.3 is 0 Å². The molecule has 0 aliphatic carbocycles. The molecule has 28 heavy (non-hydrogen) atoms. The molecule has 1 saturated heterocycles. The van der Waals surface area contributed by atoms with Crippen molar-refractivity contribution in [3.63, 3.8) is 0 Å². The highest BCUT2D eigenvalue weighted by Gasteiger charge is 2.22. The van der Waals surface area contributed by atoms with Gasteiger partial charge in [-0.05, 0) is 25.5 Å². The minimum atomic E-state index is 0. The minimum absolute atomic E-state index is 0. The quantitative estimate of drug-likeness (QED) is 0.539. The van der Waals surface area contributed by atoms with E-state index < -0.39 is 0 Å². The van der Waals surface area contributed by atoms with E-state index in [0.29, 0.717) is 45.0 Å². The van der Waals surface area contributed by atoms with E-state index in [9.17, 15) is 9.59 Å². The molecule has 160 valence electrons. The lowest BCUT2D eigenvalue weighted by atomic mass is 10.1. The molecule has 2 heterocycles. The van der Waals surface area contributed by atoms with Crippen LogP contribution in [0.2, 0.25) is 0 Å². The molecule has 1 aromatic rings. The SMILES string of the molecule is Cl.Cl.NCCCCCCC(=O)NCCC(=O)N1CCN(c2ncccn2)CC1. The lowest BCUT2D eigenvalue weighted by Gasteiger charge is -2.34. The normalized spacial score (nSPS) is 13.3. The van der Waals surface area contributed by atoms with Crippen LogP contribution in [0, 0.1) is 0 Å². The number of carbonyl (C=O) groups excluding carboxylic acids is 2. The van der Waals surface area contributed by atoms with E-state index in [-0.39, 0.29) is 36.6 Å². The Kier molecular flexibility index (Phi) is 14.4.